The molecule has 5 heteroatoms. The molecule has 82 valence electrons. The lowest BCUT2D eigenvalue weighted by Gasteiger charge is -2.35. The third kappa shape index (κ3) is 2.18. The summed E-state index contributed by atoms with van der Waals surface area (Å²) in [6.07, 6.45) is 1.42. The maximum Gasteiger partial charge on any atom is 0.276 e. The Hall–Kier alpha value is -1.36. The molecule has 0 radical (unpaired) electrons. The van der Waals surface area contributed by atoms with Gasteiger partial charge in [-0.2, -0.15) is 0 Å². The van der Waals surface area contributed by atoms with E-state index >= 15 is 0 Å². The molecule has 1 fully saturated rings. The van der Waals surface area contributed by atoms with Crippen molar-refractivity contribution in [3.63, 3.8) is 0 Å². The average Bonchev–Trinajstić information content (AvgIpc) is 2.67. The van der Waals surface area contributed by atoms with Crippen LogP contribution in [0.5, 0.6) is 0 Å². The first-order chi connectivity index (χ1) is 7.16. The zero-order valence-corrected chi connectivity index (χ0v) is 8.93. The predicted octanol–water partition coefficient (Wildman–Crippen LogP) is 0.497. The number of aromatic nitrogens is 1. The molecule has 1 amide bonds. The van der Waals surface area contributed by atoms with Gasteiger partial charge in [0.15, 0.2) is 5.69 Å². The molecule has 5 nitrogen and oxygen atoms in total. The molecule has 1 saturated heterocycles. The first-order valence-electron chi connectivity index (χ1n) is 5.12. The molecule has 0 aliphatic carbocycles. The number of amides is 1. The van der Waals surface area contributed by atoms with E-state index in [1.165, 1.54) is 6.26 Å². The molecule has 0 saturated carbocycles. The molecule has 2 rings (SSSR count). The highest BCUT2D eigenvalue weighted by molar-refractivity contribution is 5.92. The first-order valence-corrected chi connectivity index (χ1v) is 5.12. The Balaban J connectivity index is 2.07. The second-order valence-electron chi connectivity index (χ2n) is 4.06. The number of rotatable bonds is 1. The first kappa shape index (κ1) is 10.2. The zero-order chi connectivity index (χ0) is 10.8. The summed E-state index contributed by atoms with van der Waals surface area (Å²) in [5.74, 6) is -0.0519. The Bertz CT molecular complexity index is 326. The van der Waals surface area contributed by atoms with Gasteiger partial charge in [-0.15, -0.1) is 0 Å². The normalized spacial score (nSPS) is 26.7. The quantitative estimate of drug-likeness (QED) is 0.731. The van der Waals surface area contributed by atoms with Crippen molar-refractivity contribution in [3.8, 4) is 0 Å². The minimum absolute atomic E-state index is 0.0519. The molecule has 1 aliphatic heterocycles. The Labute approximate surface area is 88.4 Å². The number of nitrogens with one attached hydrogen (secondary N) is 1. The van der Waals surface area contributed by atoms with Crippen LogP contribution in [0.2, 0.25) is 0 Å². The van der Waals surface area contributed by atoms with Crippen molar-refractivity contribution in [2.75, 3.05) is 13.1 Å². The van der Waals surface area contributed by atoms with Gasteiger partial charge in [0.25, 0.3) is 5.91 Å². The summed E-state index contributed by atoms with van der Waals surface area (Å²) < 4.78 is 4.67. The largest absolute Gasteiger partial charge is 0.364 e. The molecular formula is C10H15N3O2. The molecular weight excluding hydrogens is 194 g/mol. The summed E-state index contributed by atoms with van der Waals surface area (Å²) in [5.41, 5.74) is 0.385. The number of carbonyl (C=O) groups is 1. The van der Waals surface area contributed by atoms with Crippen molar-refractivity contribution in [2.45, 2.75) is 25.9 Å². The molecule has 2 unspecified atom stereocenters. The summed E-state index contributed by atoms with van der Waals surface area (Å²) in [7, 11) is 0. The van der Waals surface area contributed by atoms with Gasteiger partial charge in [-0.3, -0.25) is 4.79 Å². The summed E-state index contributed by atoms with van der Waals surface area (Å²) in [6, 6.07) is 2.24. The topological polar surface area (TPSA) is 58.4 Å². The van der Waals surface area contributed by atoms with Crippen molar-refractivity contribution in [3.05, 3.63) is 18.0 Å². The Kier molecular flexibility index (Phi) is 2.73. The monoisotopic (exact) mass is 209 g/mol. The molecule has 2 atom stereocenters. The van der Waals surface area contributed by atoms with Crippen LogP contribution in [0.3, 0.4) is 0 Å². The highest BCUT2D eigenvalue weighted by atomic mass is 16.5. The number of nitrogens with zero attached hydrogens (tertiary/aromatic N) is 2. The van der Waals surface area contributed by atoms with E-state index in [-0.39, 0.29) is 5.91 Å². The third-order valence-corrected chi connectivity index (χ3v) is 2.50. The lowest BCUT2D eigenvalue weighted by molar-refractivity contribution is 0.0663. The Morgan fingerprint density at radius 1 is 1.53 bits per heavy atom. The van der Waals surface area contributed by atoms with Gasteiger partial charge < -0.3 is 14.7 Å². The summed E-state index contributed by atoms with van der Waals surface area (Å²) in [5, 5.41) is 7.03. The predicted molar refractivity (Wildman–Crippen MR) is 54.5 cm³/mol. The molecule has 1 aliphatic rings. The molecule has 1 aromatic rings. The van der Waals surface area contributed by atoms with Gasteiger partial charge in [-0.1, -0.05) is 5.16 Å². The number of hydrogen-bond acceptors (Lipinski definition) is 4. The number of hydrogen-bond donors (Lipinski definition) is 1. The van der Waals surface area contributed by atoms with E-state index in [0.29, 0.717) is 17.8 Å². The fourth-order valence-electron chi connectivity index (χ4n) is 1.98. The highest BCUT2D eigenvalue weighted by Crippen LogP contribution is 2.08. The van der Waals surface area contributed by atoms with E-state index in [4.69, 9.17) is 0 Å². The van der Waals surface area contributed by atoms with Gasteiger partial charge in [-0.25, -0.2) is 0 Å². The van der Waals surface area contributed by atoms with Gasteiger partial charge >= 0.3 is 0 Å². The second kappa shape index (κ2) is 4.02. The van der Waals surface area contributed by atoms with Gasteiger partial charge in [0.2, 0.25) is 0 Å². The van der Waals surface area contributed by atoms with Crippen LogP contribution < -0.4 is 5.32 Å². The van der Waals surface area contributed by atoms with Gasteiger partial charge in [0.05, 0.1) is 0 Å². The van der Waals surface area contributed by atoms with Crippen molar-refractivity contribution in [1.29, 1.82) is 0 Å². The van der Waals surface area contributed by atoms with Gasteiger partial charge in [-0.05, 0) is 13.8 Å². The molecule has 15 heavy (non-hydrogen) atoms. The van der Waals surface area contributed by atoms with Crippen LogP contribution in [0.25, 0.3) is 0 Å². The van der Waals surface area contributed by atoms with Crippen LogP contribution in [0.4, 0.5) is 0 Å². The van der Waals surface area contributed by atoms with E-state index in [2.05, 4.69) is 28.8 Å². The van der Waals surface area contributed by atoms with Crippen molar-refractivity contribution in [2.24, 2.45) is 0 Å². The van der Waals surface area contributed by atoms with E-state index in [9.17, 15) is 4.79 Å². The standard InChI is InChI=1S/C10H15N3O2/c1-7-5-13(6-8(2)11-7)10(14)9-3-4-15-12-9/h3-4,7-8,11H,5-6H2,1-2H3. The van der Waals surface area contributed by atoms with Crippen LogP contribution in [0.1, 0.15) is 24.3 Å². The van der Waals surface area contributed by atoms with E-state index in [1.54, 1.807) is 6.07 Å². The van der Waals surface area contributed by atoms with Crippen LogP contribution in [0.15, 0.2) is 16.9 Å². The zero-order valence-electron chi connectivity index (χ0n) is 8.93. The van der Waals surface area contributed by atoms with Gasteiger partial charge in [0.1, 0.15) is 6.26 Å². The fraction of sp³-hybridized carbons (Fsp3) is 0.600. The van der Waals surface area contributed by atoms with Crippen molar-refractivity contribution >= 4 is 5.91 Å². The minimum Gasteiger partial charge on any atom is -0.364 e. The summed E-state index contributed by atoms with van der Waals surface area (Å²) in [4.78, 5) is 13.7. The van der Waals surface area contributed by atoms with Gasteiger partial charge in [0, 0.05) is 31.2 Å². The molecule has 1 aromatic heterocycles. The van der Waals surface area contributed by atoms with E-state index in [0.717, 1.165) is 13.1 Å². The van der Waals surface area contributed by atoms with E-state index in [1.807, 2.05) is 4.90 Å². The van der Waals surface area contributed by atoms with E-state index < -0.39 is 0 Å². The maximum absolute atomic E-state index is 11.9. The minimum atomic E-state index is -0.0519. The number of carbonyl (C=O) groups excluding carboxylic acids is 1. The molecule has 2 heterocycles. The maximum atomic E-state index is 11.9. The fourth-order valence-corrected chi connectivity index (χ4v) is 1.98. The Morgan fingerprint density at radius 3 is 2.73 bits per heavy atom. The summed E-state index contributed by atoms with van der Waals surface area (Å²) >= 11 is 0. The Morgan fingerprint density at radius 2 is 2.20 bits per heavy atom. The SMILES string of the molecule is CC1CN(C(=O)c2ccon2)CC(C)N1. The van der Waals surface area contributed by atoms with Crippen LogP contribution in [-0.4, -0.2) is 41.1 Å². The highest BCUT2D eigenvalue weighted by Gasteiger charge is 2.26. The van der Waals surface area contributed by atoms with Crippen molar-refractivity contribution in [1.82, 2.24) is 15.4 Å². The van der Waals surface area contributed by atoms with Crippen molar-refractivity contribution < 1.29 is 9.32 Å². The smallest absolute Gasteiger partial charge is 0.276 e. The third-order valence-electron chi connectivity index (χ3n) is 2.50. The lowest BCUT2D eigenvalue weighted by atomic mass is 10.1. The van der Waals surface area contributed by atoms with Crippen LogP contribution in [0, 0.1) is 0 Å². The lowest BCUT2D eigenvalue weighted by Crippen LogP contribution is -2.55. The summed E-state index contributed by atoms with van der Waals surface area (Å²) in [6.45, 7) is 5.57. The second-order valence-corrected chi connectivity index (χ2v) is 4.06. The molecule has 1 N–H and O–H groups in total. The average molecular weight is 209 g/mol. The van der Waals surface area contributed by atoms with Crippen LogP contribution >= 0.6 is 0 Å². The molecule has 0 spiro atoms. The molecule has 0 bridgehead atoms. The molecule has 0 aromatic carbocycles. The van der Waals surface area contributed by atoms with Crippen LogP contribution in [-0.2, 0) is 0 Å². The number of piperazine rings is 1.